The monoisotopic (exact) mass is 312 g/mol. The van der Waals surface area contributed by atoms with Gasteiger partial charge in [0.1, 0.15) is 17.6 Å². The Morgan fingerprint density at radius 3 is 2.39 bits per heavy atom. The second kappa shape index (κ2) is 10.00. The van der Waals surface area contributed by atoms with Crippen LogP contribution in [0.5, 0.6) is 5.75 Å². The molecule has 0 aliphatic rings. The number of aromatic nitrogens is 3. The fourth-order valence-electron chi connectivity index (χ4n) is 1.78. The Balaban J connectivity index is 0.000000477. The van der Waals surface area contributed by atoms with Crippen molar-refractivity contribution < 1.29 is 4.74 Å². The molecule has 2 N–H and O–H groups in total. The molecule has 0 saturated heterocycles. The molecule has 0 unspecified atom stereocenters. The highest BCUT2D eigenvalue weighted by atomic mass is 16.5. The lowest BCUT2D eigenvalue weighted by atomic mass is 10.3. The number of nitrogens with zero attached hydrogens (tertiary/aromatic N) is 2. The van der Waals surface area contributed by atoms with E-state index in [2.05, 4.69) is 26.8 Å². The van der Waals surface area contributed by atoms with Gasteiger partial charge in [0.15, 0.2) is 5.82 Å². The summed E-state index contributed by atoms with van der Waals surface area (Å²) in [5.41, 5.74) is 2.74. The summed E-state index contributed by atoms with van der Waals surface area (Å²) >= 11 is 0. The van der Waals surface area contributed by atoms with Gasteiger partial charge in [0.25, 0.3) is 0 Å². The van der Waals surface area contributed by atoms with Crippen LogP contribution in [0.1, 0.15) is 20.8 Å². The van der Waals surface area contributed by atoms with E-state index in [4.69, 9.17) is 4.74 Å². The van der Waals surface area contributed by atoms with Crippen molar-refractivity contribution in [2.75, 3.05) is 12.4 Å². The summed E-state index contributed by atoms with van der Waals surface area (Å²) in [4.78, 5) is 11.5. The molecule has 5 nitrogen and oxygen atoms in total. The fraction of sp³-hybridized carbons (Fsp3) is 0.222. The summed E-state index contributed by atoms with van der Waals surface area (Å²) in [6.07, 6.45) is 5.14. The summed E-state index contributed by atoms with van der Waals surface area (Å²) in [7, 11) is 1.65. The van der Waals surface area contributed by atoms with Gasteiger partial charge in [-0.3, -0.25) is 0 Å². The molecule has 0 aliphatic carbocycles. The Hall–Kier alpha value is -2.82. The largest absolute Gasteiger partial charge is 0.497 e. The molecule has 3 rings (SSSR count). The van der Waals surface area contributed by atoms with Crippen molar-refractivity contribution >= 4 is 22.5 Å². The van der Waals surface area contributed by atoms with E-state index in [0.29, 0.717) is 0 Å². The van der Waals surface area contributed by atoms with Crippen LogP contribution in [-0.2, 0) is 0 Å². The molecule has 0 amide bonds. The van der Waals surface area contributed by atoms with Crippen LogP contribution in [0.2, 0.25) is 0 Å². The minimum atomic E-state index is 0.759. The average Bonchev–Trinajstić information content (AvgIpc) is 3.08. The maximum absolute atomic E-state index is 5.12. The van der Waals surface area contributed by atoms with E-state index in [1.807, 2.05) is 57.3 Å². The van der Waals surface area contributed by atoms with Gasteiger partial charge in [0, 0.05) is 11.9 Å². The minimum absolute atomic E-state index is 0.759. The van der Waals surface area contributed by atoms with Gasteiger partial charge in [0.2, 0.25) is 0 Å². The fourth-order valence-corrected chi connectivity index (χ4v) is 1.78. The molecular formula is C18H24N4O. The van der Waals surface area contributed by atoms with Crippen LogP contribution < -0.4 is 10.1 Å². The molecule has 0 fully saturated rings. The van der Waals surface area contributed by atoms with Crippen molar-refractivity contribution in [3.05, 3.63) is 55.5 Å². The molecule has 1 aromatic carbocycles. The zero-order chi connectivity index (χ0) is 17.1. The van der Waals surface area contributed by atoms with Crippen LogP contribution in [0.4, 0.5) is 11.5 Å². The van der Waals surface area contributed by atoms with E-state index >= 15 is 0 Å². The Kier molecular flexibility index (Phi) is 7.92. The number of aromatic amines is 1. The molecule has 0 radical (unpaired) electrons. The normalized spacial score (nSPS) is 9.04. The molecule has 2 aromatic heterocycles. The lowest BCUT2D eigenvalue weighted by Crippen LogP contribution is -1.95. The maximum Gasteiger partial charge on any atom is 0.158 e. The van der Waals surface area contributed by atoms with Gasteiger partial charge in [-0.2, -0.15) is 0 Å². The van der Waals surface area contributed by atoms with Crippen LogP contribution in [0.15, 0.2) is 55.5 Å². The van der Waals surface area contributed by atoms with Crippen LogP contribution >= 0.6 is 0 Å². The molecule has 122 valence electrons. The van der Waals surface area contributed by atoms with Gasteiger partial charge < -0.3 is 15.0 Å². The summed E-state index contributed by atoms with van der Waals surface area (Å²) in [6.45, 7) is 9.25. The predicted molar refractivity (Wildman–Crippen MR) is 97.4 cm³/mol. The number of rotatable bonds is 3. The van der Waals surface area contributed by atoms with Gasteiger partial charge in [-0.1, -0.05) is 19.9 Å². The van der Waals surface area contributed by atoms with Crippen LogP contribution in [0.3, 0.4) is 0 Å². The number of hydrogen-bond donors (Lipinski definition) is 2. The van der Waals surface area contributed by atoms with Crippen molar-refractivity contribution in [3.8, 4) is 5.75 Å². The standard InChI is InChI=1S/C13H12N4O.C3H6.C2H6/c1-18-10-4-2-9(3-5-10)17-13-12-11(6-7-14-12)15-8-16-13;1-3-2;1-2/h2-8,14H,1H3,(H,15,16,17);3H,1H2,2H3;1-2H3. The number of hydrogen-bond acceptors (Lipinski definition) is 4. The lowest BCUT2D eigenvalue weighted by Gasteiger charge is -2.07. The number of H-pyrrole nitrogens is 1. The molecule has 5 heteroatoms. The third kappa shape index (κ3) is 5.14. The predicted octanol–water partition coefficient (Wildman–Crippen LogP) is 4.93. The second-order valence-electron chi connectivity index (χ2n) is 4.22. The number of anilines is 2. The third-order valence-electron chi connectivity index (χ3n) is 2.70. The smallest absolute Gasteiger partial charge is 0.158 e. The number of allylic oxidation sites excluding steroid dienone is 1. The summed E-state index contributed by atoms with van der Waals surface area (Å²) in [5, 5.41) is 3.25. The highest BCUT2D eigenvalue weighted by molar-refractivity contribution is 5.87. The van der Waals surface area contributed by atoms with E-state index in [-0.39, 0.29) is 0 Å². The first-order valence-corrected chi connectivity index (χ1v) is 7.54. The number of fused-ring (bicyclic) bond motifs is 1. The van der Waals surface area contributed by atoms with Gasteiger partial charge in [-0.15, -0.1) is 6.58 Å². The topological polar surface area (TPSA) is 62.8 Å². The lowest BCUT2D eigenvalue weighted by molar-refractivity contribution is 0.415. The Bertz CT molecular complexity index is 704. The highest BCUT2D eigenvalue weighted by Crippen LogP contribution is 2.22. The first kappa shape index (κ1) is 18.2. The SMILES string of the molecule is C=CC.CC.COc1ccc(Nc2ncnc3cc[nH]c23)cc1. The molecule has 0 aliphatic heterocycles. The Morgan fingerprint density at radius 1 is 1.13 bits per heavy atom. The number of ether oxygens (including phenoxy) is 1. The first-order valence-electron chi connectivity index (χ1n) is 7.54. The van der Waals surface area contributed by atoms with Crippen molar-refractivity contribution in [2.24, 2.45) is 0 Å². The third-order valence-corrected chi connectivity index (χ3v) is 2.70. The van der Waals surface area contributed by atoms with Crippen molar-refractivity contribution in [1.29, 1.82) is 0 Å². The van der Waals surface area contributed by atoms with E-state index < -0.39 is 0 Å². The average molecular weight is 312 g/mol. The quantitative estimate of drug-likeness (QED) is 0.673. The van der Waals surface area contributed by atoms with E-state index in [1.54, 1.807) is 19.5 Å². The second-order valence-corrected chi connectivity index (χ2v) is 4.22. The zero-order valence-electron chi connectivity index (χ0n) is 14.1. The van der Waals surface area contributed by atoms with Crippen LogP contribution in [-0.4, -0.2) is 22.1 Å². The molecular weight excluding hydrogens is 288 g/mol. The number of nitrogens with one attached hydrogen (secondary N) is 2. The molecule has 0 saturated carbocycles. The minimum Gasteiger partial charge on any atom is -0.497 e. The molecule has 0 spiro atoms. The summed E-state index contributed by atoms with van der Waals surface area (Å²) in [6, 6.07) is 9.59. The maximum atomic E-state index is 5.12. The van der Waals surface area contributed by atoms with Gasteiger partial charge in [0.05, 0.1) is 12.6 Å². The molecule has 23 heavy (non-hydrogen) atoms. The molecule has 2 heterocycles. The van der Waals surface area contributed by atoms with Crippen LogP contribution in [0, 0.1) is 0 Å². The highest BCUT2D eigenvalue weighted by Gasteiger charge is 2.04. The van der Waals surface area contributed by atoms with Gasteiger partial charge >= 0.3 is 0 Å². The zero-order valence-corrected chi connectivity index (χ0v) is 14.1. The molecule has 3 aromatic rings. The van der Waals surface area contributed by atoms with E-state index in [1.165, 1.54) is 0 Å². The first-order chi connectivity index (χ1) is 11.3. The van der Waals surface area contributed by atoms with Crippen molar-refractivity contribution in [1.82, 2.24) is 15.0 Å². The van der Waals surface area contributed by atoms with Crippen molar-refractivity contribution in [3.63, 3.8) is 0 Å². The van der Waals surface area contributed by atoms with Gasteiger partial charge in [-0.05, 0) is 37.3 Å². The van der Waals surface area contributed by atoms with Gasteiger partial charge in [-0.25, -0.2) is 9.97 Å². The van der Waals surface area contributed by atoms with E-state index in [0.717, 1.165) is 28.3 Å². The van der Waals surface area contributed by atoms with Crippen molar-refractivity contribution in [2.45, 2.75) is 20.8 Å². The summed E-state index contributed by atoms with van der Waals surface area (Å²) < 4.78 is 5.12. The number of benzene rings is 1. The van der Waals surface area contributed by atoms with Crippen LogP contribution in [0.25, 0.3) is 11.0 Å². The molecule has 0 bridgehead atoms. The summed E-state index contributed by atoms with van der Waals surface area (Å²) in [5.74, 6) is 1.59. The Labute approximate surface area is 137 Å². The Morgan fingerprint density at radius 2 is 1.78 bits per heavy atom. The number of methoxy groups -OCH3 is 1. The molecule has 0 atom stereocenters. The van der Waals surface area contributed by atoms with E-state index in [9.17, 15) is 0 Å².